The Balaban J connectivity index is 2.96. The molecule has 0 radical (unpaired) electrons. The highest BCUT2D eigenvalue weighted by molar-refractivity contribution is 6.34. The number of halogens is 1. The van der Waals surface area contributed by atoms with Crippen LogP contribution >= 0.6 is 11.6 Å². The van der Waals surface area contributed by atoms with Crippen molar-refractivity contribution in [1.29, 1.82) is 0 Å². The maximum atomic E-state index is 10.9. The summed E-state index contributed by atoms with van der Waals surface area (Å²) in [5.41, 5.74) is 6.09. The van der Waals surface area contributed by atoms with E-state index in [0.717, 1.165) is 25.1 Å². The van der Waals surface area contributed by atoms with Crippen LogP contribution in [0.1, 0.15) is 35.9 Å². The van der Waals surface area contributed by atoms with Crippen molar-refractivity contribution in [3.05, 3.63) is 16.4 Å². The molecule has 0 fully saturated rings. The molecule has 1 heterocycles. The van der Waals surface area contributed by atoms with Gasteiger partial charge in [0.2, 0.25) is 0 Å². The number of hydrogen-bond donors (Lipinski definition) is 1. The number of rotatable bonds is 4. The monoisotopic (exact) mass is 215 g/mol. The van der Waals surface area contributed by atoms with E-state index in [-0.39, 0.29) is 5.69 Å². The lowest BCUT2D eigenvalue weighted by Crippen LogP contribution is -2.13. The zero-order valence-corrected chi connectivity index (χ0v) is 9.14. The van der Waals surface area contributed by atoms with E-state index >= 15 is 0 Å². The first-order chi connectivity index (χ1) is 6.57. The highest BCUT2D eigenvalue weighted by Gasteiger charge is 2.16. The summed E-state index contributed by atoms with van der Waals surface area (Å²) in [7, 11) is 0. The van der Waals surface area contributed by atoms with Gasteiger partial charge < -0.3 is 5.73 Å². The molecule has 1 aromatic rings. The molecule has 0 atom stereocenters. The van der Waals surface area contributed by atoms with Crippen molar-refractivity contribution in [3.8, 4) is 0 Å². The third-order valence-corrected chi connectivity index (χ3v) is 2.54. The van der Waals surface area contributed by atoms with Gasteiger partial charge in [0, 0.05) is 6.54 Å². The van der Waals surface area contributed by atoms with E-state index in [4.69, 9.17) is 17.3 Å². The van der Waals surface area contributed by atoms with E-state index in [1.165, 1.54) is 0 Å². The van der Waals surface area contributed by atoms with Crippen LogP contribution in [0, 0.1) is 6.92 Å². The summed E-state index contributed by atoms with van der Waals surface area (Å²) in [4.78, 5) is 10.9. The third-order valence-electron chi connectivity index (χ3n) is 2.09. The number of aryl methyl sites for hydroxylation is 1. The average Bonchev–Trinajstić information content (AvgIpc) is 2.42. The van der Waals surface area contributed by atoms with E-state index in [1.807, 2.05) is 6.92 Å². The number of primary amides is 1. The van der Waals surface area contributed by atoms with Crippen LogP contribution in [0.5, 0.6) is 0 Å². The molecule has 78 valence electrons. The normalized spacial score (nSPS) is 10.5. The van der Waals surface area contributed by atoms with Crippen LogP contribution in [-0.2, 0) is 6.54 Å². The molecule has 0 saturated carbocycles. The topological polar surface area (TPSA) is 60.9 Å². The van der Waals surface area contributed by atoms with Gasteiger partial charge in [0.25, 0.3) is 5.91 Å². The van der Waals surface area contributed by atoms with E-state index in [2.05, 4.69) is 12.0 Å². The zero-order valence-electron chi connectivity index (χ0n) is 8.38. The Hall–Kier alpha value is -1.03. The lowest BCUT2D eigenvalue weighted by molar-refractivity contribution is 0.0995. The van der Waals surface area contributed by atoms with Crippen molar-refractivity contribution in [2.75, 3.05) is 0 Å². The summed E-state index contributed by atoms with van der Waals surface area (Å²) in [6.07, 6.45) is 2.08. The van der Waals surface area contributed by atoms with Gasteiger partial charge in [-0.2, -0.15) is 5.10 Å². The van der Waals surface area contributed by atoms with E-state index in [0.29, 0.717) is 5.02 Å². The summed E-state index contributed by atoms with van der Waals surface area (Å²) >= 11 is 5.90. The fourth-order valence-corrected chi connectivity index (χ4v) is 1.44. The summed E-state index contributed by atoms with van der Waals surface area (Å²) in [6.45, 7) is 4.70. The largest absolute Gasteiger partial charge is 0.364 e. The number of carbonyl (C=O) groups excluding carboxylic acids is 1. The van der Waals surface area contributed by atoms with Crippen LogP contribution in [0.15, 0.2) is 0 Å². The minimum absolute atomic E-state index is 0.167. The smallest absolute Gasteiger partial charge is 0.270 e. The van der Waals surface area contributed by atoms with Crippen molar-refractivity contribution >= 4 is 17.5 Å². The Morgan fingerprint density at radius 2 is 2.29 bits per heavy atom. The molecule has 1 rings (SSSR count). The van der Waals surface area contributed by atoms with Gasteiger partial charge in [-0.1, -0.05) is 24.9 Å². The number of carbonyl (C=O) groups is 1. The number of nitrogens with zero attached hydrogens (tertiary/aromatic N) is 2. The Labute approximate surface area is 88.0 Å². The maximum Gasteiger partial charge on any atom is 0.270 e. The Morgan fingerprint density at radius 1 is 1.64 bits per heavy atom. The lowest BCUT2D eigenvalue weighted by atomic mass is 10.3. The zero-order chi connectivity index (χ0) is 10.7. The molecule has 0 unspecified atom stereocenters. The molecule has 4 nitrogen and oxygen atoms in total. The molecule has 1 amide bonds. The molecule has 0 aliphatic heterocycles. The number of hydrogen-bond acceptors (Lipinski definition) is 2. The number of unbranched alkanes of at least 4 members (excludes halogenated alkanes) is 1. The fraction of sp³-hybridized carbons (Fsp3) is 0.556. The Kier molecular flexibility index (Phi) is 3.52. The minimum Gasteiger partial charge on any atom is -0.364 e. The van der Waals surface area contributed by atoms with Gasteiger partial charge in [-0.25, -0.2) is 0 Å². The SMILES string of the molecule is CCCCn1nc(C(N)=O)c(Cl)c1C. The van der Waals surface area contributed by atoms with Gasteiger partial charge in [0.1, 0.15) is 0 Å². The van der Waals surface area contributed by atoms with Crippen LogP contribution < -0.4 is 5.73 Å². The van der Waals surface area contributed by atoms with Gasteiger partial charge >= 0.3 is 0 Å². The number of nitrogens with two attached hydrogens (primary N) is 1. The van der Waals surface area contributed by atoms with Crippen LogP contribution in [-0.4, -0.2) is 15.7 Å². The van der Waals surface area contributed by atoms with E-state index < -0.39 is 5.91 Å². The van der Waals surface area contributed by atoms with Gasteiger partial charge in [0.15, 0.2) is 5.69 Å². The molecule has 0 bridgehead atoms. The molecule has 1 aromatic heterocycles. The van der Waals surface area contributed by atoms with Crippen molar-refractivity contribution < 1.29 is 4.79 Å². The third kappa shape index (κ3) is 2.07. The standard InChI is InChI=1S/C9H14ClN3O/c1-3-4-5-13-6(2)7(10)8(12-13)9(11)14/h3-5H2,1-2H3,(H2,11,14). The van der Waals surface area contributed by atoms with Gasteiger partial charge in [0.05, 0.1) is 10.7 Å². The van der Waals surface area contributed by atoms with Crippen LogP contribution in [0.4, 0.5) is 0 Å². The van der Waals surface area contributed by atoms with Crippen LogP contribution in [0.25, 0.3) is 0 Å². The van der Waals surface area contributed by atoms with Gasteiger partial charge in [-0.15, -0.1) is 0 Å². The van der Waals surface area contributed by atoms with Crippen LogP contribution in [0.2, 0.25) is 5.02 Å². The van der Waals surface area contributed by atoms with Gasteiger partial charge in [-0.3, -0.25) is 9.48 Å². The summed E-state index contributed by atoms with van der Waals surface area (Å²) < 4.78 is 1.73. The fourth-order valence-electron chi connectivity index (χ4n) is 1.21. The molecule has 0 spiro atoms. The maximum absolute atomic E-state index is 10.9. The van der Waals surface area contributed by atoms with Crippen molar-refractivity contribution in [2.24, 2.45) is 5.73 Å². The van der Waals surface area contributed by atoms with Crippen LogP contribution in [0.3, 0.4) is 0 Å². The predicted molar refractivity (Wildman–Crippen MR) is 55.4 cm³/mol. The van der Waals surface area contributed by atoms with Crippen molar-refractivity contribution in [1.82, 2.24) is 9.78 Å². The van der Waals surface area contributed by atoms with E-state index in [1.54, 1.807) is 4.68 Å². The minimum atomic E-state index is -0.576. The predicted octanol–water partition coefficient (Wildman–Crippen LogP) is 1.74. The molecule has 0 aliphatic rings. The quantitative estimate of drug-likeness (QED) is 0.832. The highest BCUT2D eigenvalue weighted by Crippen LogP contribution is 2.19. The molecule has 2 N–H and O–H groups in total. The summed E-state index contributed by atoms with van der Waals surface area (Å²) in [5, 5.41) is 4.43. The average molecular weight is 216 g/mol. The summed E-state index contributed by atoms with van der Waals surface area (Å²) in [6, 6.07) is 0. The first-order valence-corrected chi connectivity index (χ1v) is 4.98. The molecular weight excluding hydrogens is 202 g/mol. The molecular formula is C9H14ClN3O. The Bertz CT molecular complexity index is 346. The number of amides is 1. The first kappa shape index (κ1) is 11.0. The second-order valence-corrected chi connectivity index (χ2v) is 3.57. The van der Waals surface area contributed by atoms with E-state index in [9.17, 15) is 4.79 Å². The van der Waals surface area contributed by atoms with Crippen molar-refractivity contribution in [2.45, 2.75) is 33.2 Å². The number of aromatic nitrogens is 2. The lowest BCUT2D eigenvalue weighted by Gasteiger charge is -2.01. The second kappa shape index (κ2) is 4.46. The second-order valence-electron chi connectivity index (χ2n) is 3.19. The first-order valence-electron chi connectivity index (χ1n) is 4.60. The van der Waals surface area contributed by atoms with Crippen molar-refractivity contribution in [3.63, 3.8) is 0 Å². The molecule has 0 aromatic carbocycles. The molecule has 5 heteroatoms. The molecule has 14 heavy (non-hydrogen) atoms. The Morgan fingerprint density at radius 3 is 2.71 bits per heavy atom. The van der Waals surface area contributed by atoms with Gasteiger partial charge in [-0.05, 0) is 13.3 Å². The molecule has 0 aliphatic carbocycles. The summed E-state index contributed by atoms with van der Waals surface area (Å²) in [5.74, 6) is -0.576. The molecule has 0 saturated heterocycles. The highest BCUT2D eigenvalue weighted by atomic mass is 35.5.